The second kappa shape index (κ2) is 7.25. The van der Waals surface area contributed by atoms with E-state index in [0.29, 0.717) is 10.6 Å². The zero-order valence-electron chi connectivity index (χ0n) is 11.8. The Kier molecular flexibility index (Phi) is 5.10. The lowest BCUT2D eigenvalue weighted by molar-refractivity contribution is 0.102. The van der Waals surface area contributed by atoms with Gasteiger partial charge in [0.05, 0.1) is 11.4 Å². The van der Waals surface area contributed by atoms with Crippen LogP contribution in [0, 0.1) is 5.82 Å². The molecule has 0 spiro atoms. The minimum Gasteiger partial charge on any atom is -0.293 e. The molecule has 6 heteroatoms. The van der Waals surface area contributed by atoms with Gasteiger partial charge in [-0.25, -0.2) is 9.37 Å². The molecule has 0 saturated heterocycles. The number of thiazole rings is 1. The topological polar surface area (TPSA) is 30.0 Å². The van der Waals surface area contributed by atoms with Gasteiger partial charge in [0.2, 0.25) is 0 Å². The van der Waals surface area contributed by atoms with Crippen molar-refractivity contribution >= 4 is 40.5 Å². The van der Waals surface area contributed by atoms with Crippen LogP contribution in [0.3, 0.4) is 0 Å². The highest BCUT2D eigenvalue weighted by Crippen LogP contribution is 2.29. The molecular formula is C17H11ClFNOS2. The van der Waals surface area contributed by atoms with Crippen molar-refractivity contribution in [2.45, 2.75) is 4.34 Å². The van der Waals surface area contributed by atoms with Crippen LogP contribution in [0.15, 0.2) is 58.3 Å². The highest BCUT2D eigenvalue weighted by Gasteiger charge is 2.10. The van der Waals surface area contributed by atoms with Crippen molar-refractivity contribution in [3.8, 4) is 11.3 Å². The quantitative estimate of drug-likeness (QED) is 0.438. The van der Waals surface area contributed by atoms with Crippen LogP contribution in [0.2, 0.25) is 5.02 Å². The van der Waals surface area contributed by atoms with Gasteiger partial charge < -0.3 is 0 Å². The largest absolute Gasteiger partial charge is 0.293 e. The van der Waals surface area contributed by atoms with E-state index in [2.05, 4.69) is 4.98 Å². The Balaban J connectivity index is 1.64. The molecule has 116 valence electrons. The van der Waals surface area contributed by atoms with Crippen molar-refractivity contribution in [3.05, 3.63) is 70.3 Å². The predicted molar refractivity (Wildman–Crippen MR) is 94.0 cm³/mol. The van der Waals surface area contributed by atoms with Crippen molar-refractivity contribution in [1.29, 1.82) is 0 Å². The molecule has 0 unspecified atom stereocenters. The molecule has 0 aliphatic rings. The van der Waals surface area contributed by atoms with Crippen LogP contribution in [0.5, 0.6) is 0 Å². The van der Waals surface area contributed by atoms with Gasteiger partial charge in [-0.05, 0) is 36.4 Å². The Hall–Kier alpha value is -1.69. The summed E-state index contributed by atoms with van der Waals surface area (Å²) in [5.41, 5.74) is 2.36. The van der Waals surface area contributed by atoms with Gasteiger partial charge >= 0.3 is 0 Å². The zero-order chi connectivity index (χ0) is 16.2. The normalized spacial score (nSPS) is 10.7. The molecule has 2 nitrogen and oxygen atoms in total. The minimum atomic E-state index is -0.346. The molecular weight excluding hydrogens is 353 g/mol. The van der Waals surface area contributed by atoms with Crippen LogP contribution in [-0.4, -0.2) is 16.5 Å². The molecule has 0 amide bonds. The molecule has 0 atom stereocenters. The molecule has 3 aromatic rings. The summed E-state index contributed by atoms with van der Waals surface area (Å²) in [5, 5.41) is 2.64. The van der Waals surface area contributed by atoms with E-state index in [4.69, 9.17) is 11.6 Å². The molecule has 1 aromatic heterocycles. The van der Waals surface area contributed by atoms with Crippen LogP contribution in [0.1, 0.15) is 10.4 Å². The maximum absolute atomic E-state index is 12.9. The number of ketones is 1. The molecule has 23 heavy (non-hydrogen) atoms. The standard InChI is InChI=1S/C17H11ClFNOS2/c18-13-5-1-11(2-6-13)15-9-22-17(20-15)23-10-16(21)12-3-7-14(19)8-4-12/h1-9H,10H2. The first-order chi connectivity index (χ1) is 11.1. The van der Waals surface area contributed by atoms with Crippen LogP contribution in [-0.2, 0) is 0 Å². The predicted octanol–water partition coefficient (Wildman–Crippen LogP) is 5.58. The summed E-state index contributed by atoms with van der Waals surface area (Å²) >= 11 is 8.75. The number of halogens is 2. The van der Waals surface area contributed by atoms with E-state index in [9.17, 15) is 9.18 Å². The fourth-order valence-electron chi connectivity index (χ4n) is 1.92. The smallest absolute Gasteiger partial charge is 0.173 e. The van der Waals surface area contributed by atoms with Crippen molar-refractivity contribution in [2.24, 2.45) is 0 Å². The van der Waals surface area contributed by atoms with Crippen molar-refractivity contribution < 1.29 is 9.18 Å². The molecule has 0 fully saturated rings. The number of Topliss-reactive ketones (excluding diaryl/α,β-unsaturated/α-hetero) is 1. The fourth-order valence-corrected chi connectivity index (χ4v) is 3.78. The zero-order valence-corrected chi connectivity index (χ0v) is 14.2. The third-order valence-corrected chi connectivity index (χ3v) is 5.39. The van der Waals surface area contributed by atoms with Gasteiger partial charge in [0.25, 0.3) is 0 Å². The Morgan fingerprint density at radius 2 is 1.83 bits per heavy atom. The number of carbonyl (C=O) groups is 1. The Bertz CT molecular complexity index is 815. The Labute approximate surface area is 146 Å². The first-order valence-corrected chi connectivity index (χ1v) is 8.99. The number of thioether (sulfide) groups is 1. The SMILES string of the molecule is O=C(CSc1nc(-c2ccc(Cl)cc2)cs1)c1ccc(F)cc1. The summed E-state index contributed by atoms with van der Waals surface area (Å²) in [6, 6.07) is 13.0. The molecule has 0 radical (unpaired) electrons. The van der Waals surface area contributed by atoms with Gasteiger partial charge in [-0.1, -0.05) is 35.5 Å². The third kappa shape index (κ3) is 4.19. The maximum atomic E-state index is 12.9. The lowest BCUT2D eigenvalue weighted by Crippen LogP contribution is -2.02. The molecule has 1 heterocycles. The highest BCUT2D eigenvalue weighted by molar-refractivity contribution is 8.01. The van der Waals surface area contributed by atoms with E-state index in [1.807, 2.05) is 29.6 Å². The van der Waals surface area contributed by atoms with E-state index in [1.54, 1.807) is 0 Å². The monoisotopic (exact) mass is 363 g/mol. The molecule has 0 N–H and O–H groups in total. The first kappa shape index (κ1) is 16.2. The van der Waals surface area contributed by atoms with Crippen molar-refractivity contribution in [2.75, 3.05) is 5.75 Å². The molecule has 0 bridgehead atoms. The number of hydrogen-bond acceptors (Lipinski definition) is 4. The van der Waals surface area contributed by atoms with E-state index >= 15 is 0 Å². The van der Waals surface area contributed by atoms with Gasteiger partial charge in [-0.3, -0.25) is 4.79 Å². The van der Waals surface area contributed by atoms with Gasteiger partial charge in [-0.2, -0.15) is 0 Å². The summed E-state index contributed by atoms with van der Waals surface area (Å²) in [6.07, 6.45) is 0. The van der Waals surface area contributed by atoms with Crippen molar-refractivity contribution in [1.82, 2.24) is 4.98 Å². The minimum absolute atomic E-state index is 0.0433. The van der Waals surface area contributed by atoms with E-state index in [1.165, 1.54) is 47.4 Å². The van der Waals surface area contributed by atoms with E-state index < -0.39 is 0 Å². The number of hydrogen-bond donors (Lipinski definition) is 0. The second-order valence-electron chi connectivity index (χ2n) is 4.72. The molecule has 0 saturated carbocycles. The van der Waals surface area contributed by atoms with Gasteiger partial charge in [0, 0.05) is 21.5 Å². The van der Waals surface area contributed by atoms with Crippen LogP contribution >= 0.6 is 34.7 Å². The first-order valence-electron chi connectivity index (χ1n) is 6.75. The van der Waals surface area contributed by atoms with Gasteiger partial charge in [0.1, 0.15) is 5.82 Å². The number of carbonyl (C=O) groups excluding carboxylic acids is 1. The number of aromatic nitrogens is 1. The fraction of sp³-hybridized carbons (Fsp3) is 0.0588. The summed E-state index contributed by atoms with van der Waals surface area (Å²) in [5.74, 6) is -0.112. The van der Waals surface area contributed by atoms with Crippen LogP contribution in [0.4, 0.5) is 4.39 Å². The molecule has 3 rings (SSSR count). The number of rotatable bonds is 5. The van der Waals surface area contributed by atoms with Crippen molar-refractivity contribution in [3.63, 3.8) is 0 Å². The highest BCUT2D eigenvalue weighted by atomic mass is 35.5. The second-order valence-corrected chi connectivity index (χ2v) is 7.24. The maximum Gasteiger partial charge on any atom is 0.173 e. The molecule has 0 aliphatic heterocycles. The molecule has 0 aliphatic carbocycles. The van der Waals surface area contributed by atoms with Gasteiger partial charge in [0.15, 0.2) is 10.1 Å². The van der Waals surface area contributed by atoms with E-state index in [0.717, 1.165) is 15.6 Å². The lowest BCUT2D eigenvalue weighted by Gasteiger charge is -1.99. The molecule has 2 aromatic carbocycles. The summed E-state index contributed by atoms with van der Waals surface area (Å²) in [7, 11) is 0. The summed E-state index contributed by atoms with van der Waals surface area (Å²) in [4.78, 5) is 16.6. The van der Waals surface area contributed by atoms with Gasteiger partial charge in [-0.15, -0.1) is 11.3 Å². The Morgan fingerprint density at radius 1 is 1.13 bits per heavy atom. The average Bonchev–Trinajstić information content (AvgIpc) is 3.03. The lowest BCUT2D eigenvalue weighted by atomic mass is 10.1. The number of nitrogens with zero attached hydrogens (tertiary/aromatic N) is 1. The number of benzene rings is 2. The summed E-state index contributed by atoms with van der Waals surface area (Å²) in [6.45, 7) is 0. The summed E-state index contributed by atoms with van der Waals surface area (Å²) < 4.78 is 13.7. The third-order valence-electron chi connectivity index (χ3n) is 3.12. The average molecular weight is 364 g/mol. The van der Waals surface area contributed by atoms with Crippen LogP contribution in [0.25, 0.3) is 11.3 Å². The van der Waals surface area contributed by atoms with E-state index in [-0.39, 0.29) is 17.4 Å². The Morgan fingerprint density at radius 3 is 2.52 bits per heavy atom. The van der Waals surface area contributed by atoms with Crippen LogP contribution < -0.4 is 0 Å².